The summed E-state index contributed by atoms with van der Waals surface area (Å²) in [6, 6.07) is 11.5. The van der Waals surface area contributed by atoms with Crippen LogP contribution in [0.25, 0.3) is 11.8 Å². The molecule has 0 unspecified atom stereocenters. The van der Waals surface area contributed by atoms with Gasteiger partial charge in [-0.3, -0.25) is 14.0 Å². The predicted octanol–water partition coefficient (Wildman–Crippen LogP) is 3.69. The Kier molecular flexibility index (Phi) is 7.49. The Balaban J connectivity index is 1.65. The monoisotopic (exact) mass is 488 g/mol. The highest BCUT2D eigenvalue weighted by molar-refractivity contribution is 5.85. The molecule has 0 aliphatic carbocycles. The van der Waals surface area contributed by atoms with E-state index in [1.165, 1.54) is 6.20 Å². The maximum Gasteiger partial charge on any atom is 0.354 e. The Hall–Kier alpha value is -3.98. The minimum atomic E-state index is -0.988. The van der Waals surface area contributed by atoms with Crippen molar-refractivity contribution in [1.29, 1.82) is 0 Å². The van der Waals surface area contributed by atoms with Crippen molar-refractivity contribution in [3.63, 3.8) is 0 Å². The number of carboxylic acids is 1. The molecule has 1 aromatic carbocycles. The minimum Gasteiger partial charge on any atom is -0.477 e. The number of aryl methyl sites for hydroxylation is 2. The molecule has 1 fully saturated rings. The molecule has 188 valence electrons. The van der Waals surface area contributed by atoms with Gasteiger partial charge in [0, 0.05) is 38.1 Å². The Morgan fingerprint density at radius 3 is 2.44 bits per heavy atom. The number of hydrogen-bond donors (Lipinski definition) is 1. The van der Waals surface area contributed by atoms with E-state index < -0.39 is 5.97 Å². The molecule has 4 rings (SSSR count). The highest BCUT2D eigenvalue weighted by Gasteiger charge is 2.25. The van der Waals surface area contributed by atoms with Crippen molar-refractivity contribution in [2.24, 2.45) is 7.05 Å². The highest BCUT2D eigenvalue weighted by Crippen LogP contribution is 2.23. The van der Waals surface area contributed by atoms with Gasteiger partial charge in [0.05, 0.1) is 18.4 Å². The normalized spacial score (nSPS) is 14.4. The molecule has 2 aromatic heterocycles. The number of piperidine rings is 1. The number of hydrogen-bond acceptors (Lipinski definition) is 5. The zero-order chi connectivity index (χ0) is 25.8. The zero-order valence-electron chi connectivity index (χ0n) is 21.0. The Labute approximate surface area is 210 Å². The smallest absolute Gasteiger partial charge is 0.354 e. The summed E-state index contributed by atoms with van der Waals surface area (Å²) >= 11 is 0. The Morgan fingerprint density at radius 1 is 1.14 bits per heavy atom. The quantitative estimate of drug-likeness (QED) is 0.568. The molecule has 3 aromatic rings. The fourth-order valence-corrected chi connectivity index (χ4v) is 4.69. The number of aromatic nitrogens is 5. The third-order valence-electron chi connectivity index (χ3n) is 6.76. The van der Waals surface area contributed by atoms with Gasteiger partial charge in [0.25, 0.3) is 0 Å². The molecule has 0 spiro atoms. The highest BCUT2D eigenvalue weighted by atomic mass is 16.4. The summed E-state index contributed by atoms with van der Waals surface area (Å²) in [5.41, 5.74) is 2.62. The van der Waals surface area contributed by atoms with Crippen LogP contribution in [0.5, 0.6) is 0 Å². The largest absolute Gasteiger partial charge is 0.477 e. The van der Waals surface area contributed by atoms with Gasteiger partial charge in [0.15, 0.2) is 0 Å². The van der Waals surface area contributed by atoms with Gasteiger partial charge < -0.3 is 9.67 Å². The second kappa shape index (κ2) is 10.7. The van der Waals surface area contributed by atoms with Crippen LogP contribution in [0.1, 0.15) is 52.3 Å². The Morgan fingerprint density at radius 2 is 1.83 bits per heavy atom. The lowest BCUT2D eigenvalue weighted by Gasteiger charge is -2.33. The standard InChI is InChI=1S/C27H32N6O3/c1-5-21-8-10-22(11-9-21)32-19(2)7-6-14-28-20(3)33(27(32)36)23-12-15-31(16-13-23)18-25-29-17-24(26(34)35)30(25)4/h5-11,14,17,23H,1,12-13,15-16,18H2,2-4H3,(H,34,35). The SMILES string of the molecule is C=Cc1ccc(-n2c(C)cccnc(C)n(C3CCN(Cc4ncc(C(=O)O)n4C)CC3)c2=O)cc1. The van der Waals surface area contributed by atoms with Crippen LogP contribution in [-0.4, -0.2) is 52.7 Å². The van der Waals surface area contributed by atoms with E-state index in [0.29, 0.717) is 18.2 Å². The number of aromatic carboxylic acids is 1. The molecule has 0 radical (unpaired) electrons. The molecule has 1 aliphatic heterocycles. The number of rotatable bonds is 6. The molecule has 3 heterocycles. The number of carbonyl (C=O) groups is 1. The van der Waals surface area contributed by atoms with Crippen molar-refractivity contribution >= 4 is 12.0 Å². The van der Waals surface area contributed by atoms with E-state index in [9.17, 15) is 14.7 Å². The summed E-state index contributed by atoms with van der Waals surface area (Å²) < 4.78 is 5.16. The van der Waals surface area contributed by atoms with Crippen LogP contribution in [0, 0.1) is 13.8 Å². The van der Waals surface area contributed by atoms with Crippen molar-refractivity contribution in [2.45, 2.75) is 39.3 Å². The second-order valence-corrected chi connectivity index (χ2v) is 9.04. The number of imidazole rings is 1. The van der Waals surface area contributed by atoms with Crippen molar-refractivity contribution < 1.29 is 9.90 Å². The van der Waals surface area contributed by atoms with Crippen LogP contribution in [0.4, 0.5) is 0 Å². The van der Waals surface area contributed by atoms with Crippen molar-refractivity contribution in [3.05, 3.63) is 94.5 Å². The van der Waals surface area contributed by atoms with Crippen LogP contribution < -0.4 is 5.69 Å². The van der Waals surface area contributed by atoms with Gasteiger partial charge in [-0.15, -0.1) is 0 Å². The lowest BCUT2D eigenvalue weighted by atomic mass is 10.0. The number of benzene rings is 1. The lowest BCUT2D eigenvalue weighted by Crippen LogP contribution is -2.40. The summed E-state index contributed by atoms with van der Waals surface area (Å²) in [5, 5.41) is 9.28. The number of carboxylic acid groups (broad SMARTS) is 1. The molecule has 0 bridgehead atoms. The fraction of sp³-hybridized carbons (Fsp3) is 0.333. The molecule has 9 heteroatoms. The molecule has 0 saturated carbocycles. The van der Waals surface area contributed by atoms with E-state index in [4.69, 9.17) is 0 Å². The fourth-order valence-electron chi connectivity index (χ4n) is 4.69. The topological polar surface area (TPSA) is 98.2 Å². The summed E-state index contributed by atoms with van der Waals surface area (Å²) in [6.45, 7) is 9.68. The van der Waals surface area contributed by atoms with E-state index in [1.54, 1.807) is 28.5 Å². The zero-order valence-corrected chi connectivity index (χ0v) is 21.0. The summed E-state index contributed by atoms with van der Waals surface area (Å²) in [4.78, 5) is 36.4. The van der Waals surface area contributed by atoms with Crippen molar-refractivity contribution in [1.82, 2.24) is 28.6 Å². The van der Waals surface area contributed by atoms with Gasteiger partial charge in [-0.2, -0.15) is 0 Å². The Bertz CT molecular complexity index is 1370. The van der Waals surface area contributed by atoms with Gasteiger partial charge in [-0.1, -0.05) is 24.8 Å². The van der Waals surface area contributed by atoms with Gasteiger partial charge in [0.2, 0.25) is 0 Å². The molecule has 0 atom stereocenters. The number of likely N-dealkylation sites (tertiary alicyclic amines) is 1. The van der Waals surface area contributed by atoms with Gasteiger partial charge >= 0.3 is 11.7 Å². The first-order chi connectivity index (χ1) is 17.3. The third-order valence-corrected chi connectivity index (χ3v) is 6.76. The first-order valence-corrected chi connectivity index (χ1v) is 12.0. The van der Waals surface area contributed by atoms with Crippen LogP contribution in [0.2, 0.25) is 0 Å². The maximum atomic E-state index is 14.0. The van der Waals surface area contributed by atoms with Gasteiger partial charge in [-0.25, -0.2) is 19.6 Å². The van der Waals surface area contributed by atoms with Crippen molar-refractivity contribution in [2.75, 3.05) is 13.1 Å². The van der Waals surface area contributed by atoms with Crippen LogP contribution in [0.3, 0.4) is 0 Å². The molecular formula is C27H32N6O3. The number of nitrogens with zero attached hydrogens (tertiary/aromatic N) is 6. The van der Waals surface area contributed by atoms with E-state index in [1.807, 2.05) is 54.8 Å². The van der Waals surface area contributed by atoms with Gasteiger partial charge in [0.1, 0.15) is 17.3 Å². The second-order valence-electron chi connectivity index (χ2n) is 9.04. The molecule has 1 N–H and O–H groups in total. The first kappa shape index (κ1) is 25.1. The maximum absolute atomic E-state index is 14.0. The summed E-state index contributed by atoms with van der Waals surface area (Å²) in [6.07, 6.45) is 6.43. The van der Waals surface area contributed by atoms with E-state index in [0.717, 1.165) is 42.9 Å². The summed E-state index contributed by atoms with van der Waals surface area (Å²) in [7, 11) is 1.72. The summed E-state index contributed by atoms with van der Waals surface area (Å²) in [5.74, 6) is 0.376. The minimum absolute atomic E-state index is 0.0114. The average Bonchev–Trinajstić information content (AvgIpc) is 3.25. The van der Waals surface area contributed by atoms with Crippen LogP contribution >= 0.6 is 0 Å². The molecule has 1 aliphatic rings. The van der Waals surface area contributed by atoms with Crippen LogP contribution in [-0.2, 0) is 13.6 Å². The third kappa shape index (κ3) is 5.16. The van der Waals surface area contributed by atoms with E-state index >= 15 is 0 Å². The molecule has 1 saturated heterocycles. The van der Waals surface area contributed by atoms with Crippen LogP contribution in [0.15, 0.2) is 60.2 Å². The molecule has 9 nitrogen and oxygen atoms in total. The van der Waals surface area contributed by atoms with E-state index in [-0.39, 0.29) is 17.4 Å². The van der Waals surface area contributed by atoms with Gasteiger partial charge in [-0.05, 0) is 56.5 Å². The molecule has 36 heavy (non-hydrogen) atoms. The predicted molar refractivity (Wildman–Crippen MR) is 139 cm³/mol. The molecular weight excluding hydrogens is 456 g/mol. The first-order valence-electron chi connectivity index (χ1n) is 12.0. The molecule has 0 amide bonds. The lowest BCUT2D eigenvalue weighted by molar-refractivity contribution is 0.0685. The average molecular weight is 489 g/mol. The van der Waals surface area contributed by atoms with Crippen molar-refractivity contribution in [3.8, 4) is 5.69 Å². The van der Waals surface area contributed by atoms with E-state index in [2.05, 4.69) is 21.4 Å².